The molecule has 110 valence electrons. The van der Waals surface area contributed by atoms with Gasteiger partial charge in [-0.05, 0) is 25.7 Å². The molecule has 1 fully saturated rings. The molecule has 1 saturated heterocycles. The smallest absolute Gasteiger partial charge is 0.304 e. The molecule has 1 unspecified atom stereocenters. The van der Waals surface area contributed by atoms with Gasteiger partial charge in [-0.1, -0.05) is 0 Å². The van der Waals surface area contributed by atoms with Crippen LogP contribution in [0.25, 0.3) is 0 Å². The molecule has 1 amide bonds. The van der Waals surface area contributed by atoms with Crippen LogP contribution in [0.5, 0.6) is 0 Å². The number of carboxylic acid groups (broad SMARTS) is 1. The third-order valence-electron chi connectivity index (χ3n) is 3.71. The normalized spacial score (nSPS) is 19.3. The second-order valence-corrected chi connectivity index (χ2v) is 5.26. The zero-order valence-electron chi connectivity index (χ0n) is 11.5. The molecule has 0 bridgehead atoms. The Balaban J connectivity index is 1.71. The van der Waals surface area contributed by atoms with E-state index >= 15 is 0 Å². The highest BCUT2D eigenvalue weighted by molar-refractivity contribution is 5.83. The van der Waals surface area contributed by atoms with Gasteiger partial charge in [-0.25, -0.2) is 4.98 Å². The number of rotatable bonds is 7. The van der Waals surface area contributed by atoms with Crippen molar-refractivity contribution in [2.75, 3.05) is 13.1 Å². The first-order valence-corrected chi connectivity index (χ1v) is 7.15. The number of likely N-dealkylation sites (tertiary alicyclic amines) is 1. The van der Waals surface area contributed by atoms with Gasteiger partial charge in [-0.15, -0.1) is 0 Å². The molecule has 0 radical (unpaired) electrons. The molecule has 1 atom stereocenters. The van der Waals surface area contributed by atoms with Gasteiger partial charge in [-0.2, -0.15) is 0 Å². The number of unbranched alkanes of at least 4 members (excludes halogenated alkanes) is 1. The molecule has 1 aromatic heterocycles. The fourth-order valence-electron chi connectivity index (χ4n) is 2.67. The van der Waals surface area contributed by atoms with Crippen molar-refractivity contribution < 1.29 is 14.7 Å². The Morgan fingerprint density at radius 1 is 1.50 bits per heavy atom. The van der Waals surface area contributed by atoms with E-state index in [2.05, 4.69) is 9.97 Å². The van der Waals surface area contributed by atoms with Crippen LogP contribution in [0.1, 0.15) is 37.9 Å². The van der Waals surface area contributed by atoms with Gasteiger partial charge in [0, 0.05) is 37.8 Å². The third kappa shape index (κ3) is 4.08. The topological polar surface area (TPSA) is 86.3 Å². The van der Waals surface area contributed by atoms with Crippen molar-refractivity contribution in [1.82, 2.24) is 14.9 Å². The van der Waals surface area contributed by atoms with E-state index in [1.165, 1.54) is 0 Å². The zero-order valence-corrected chi connectivity index (χ0v) is 11.5. The summed E-state index contributed by atoms with van der Waals surface area (Å²) >= 11 is 0. The third-order valence-corrected chi connectivity index (χ3v) is 3.71. The molecule has 0 saturated carbocycles. The van der Waals surface area contributed by atoms with Gasteiger partial charge < -0.3 is 15.0 Å². The molecule has 0 spiro atoms. The maximum absolute atomic E-state index is 12.1. The summed E-state index contributed by atoms with van der Waals surface area (Å²) in [5.41, 5.74) is 0. The van der Waals surface area contributed by atoms with E-state index in [0.29, 0.717) is 6.42 Å². The SMILES string of the molecule is O=C(O)CC1CCCN(CCCCc2ncc[nH]2)C1=O. The van der Waals surface area contributed by atoms with Gasteiger partial charge in [0.25, 0.3) is 0 Å². The Hall–Kier alpha value is -1.85. The minimum absolute atomic E-state index is 0.0108. The summed E-state index contributed by atoms with van der Waals surface area (Å²) in [5.74, 6) is -0.232. The number of carbonyl (C=O) groups excluding carboxylic acids is 1. The summed E-state index contributed by atoms with van der Waals surface area (Å²) in [5, 5.41) is 8.81. The molecule has 2 N–H and O–H groups in total. The highest BCUT2D eigenvalue weighted by atomic mass is 16.4. The number of aryl methyl sites for hydroxylation is 1. The largest absolute Gasteiger partial charge is 0.481 e. The molecule has 2 heterocycles. The summed E-state index contributed by atoms with van der Waals surface area (Å²) in [6.45, 7) is 1.48. The predicted molar refractivity (Wildman–Crippen MR) is 73.1 cm³/mol. The van der Waals surface area contributed by atoms with Crippen LogP contribution in [-0.4, -0.2) is 44.9 Å². The number of nitrogens with one attached hydrogen (secondary N) is 1. The van der Waals surface area contributed by atoms with Crippen LogP contribution in [0, 0.1) is 5.92 Å². The van der Waals surface area contributed by atoms with Crippen LogP contribution in [0.15, 0.2) is 12.4 Å². The molecule has 0 aliphatic carbocycles. The first-order chi connectivity index (χ1) is 9.66. The first-order valence-electron chi connectivity index (χ1n) is 7.15. The van der Waals surface area contributed by atoms with Crippen LogP contribution in [0.3, 0.4) is 0 Å². The first kappa shape index (κ1) is 14.6. The average Bonchev–Trinajstić information content (AvgIpc) is 2.91. The van der Waals surface area contributed by atoms with E-state index in [0.717, 1.165) is 44.6 Å². The maximum atomic E-state index is 12.1. The Morgan fingerprint density at radius 3 is 3.05 bits per heavy atom. The summed E-state index contributed by atoms with van der Waals surface area (Å²) in [6, 6.07) is 0. The fraction of sp³-hybridized carbons (Fsp3) is 0.643. The molecule has 2 rings (SSSR count). The molecule has 1 aliphatic heterocycles. The van der Waals surface area contributed by atoms with Gasteiger partial charge in [0.2, 0.25) is 5.91 Å². The molecular weight excluding hydrogens is 258 g/mol. The number of hydrogen-bond donors (Lipinski definition) is 2. The van der Waals surface area contributed by atoms with Crippen LogP contribution < -0.4 is 0 Å². The monoisotopic (exact) mass is 279 g/mol. The number of aromatic amines is 1. The van der Waals surface area contributed by atoms with E-state index in [9.17, 15) is 9.59 Å². The van der Waals surface area contributed by atoms with Gasteiger partial charge in [-0.3, -0.25) is 9.59 Å². The van der Waals surface area contributed by atoms with E-state index in [1.807, 2.05) is 4.90 Å². The number of H-pyrrole nitrogens is 1. The molecular formula is C14H21N3O3. The molecule has 20 heavy (non-hydrogen) atoms. The average molecular weight is 279 g/mol. The molecule has 6 heteroatoms. The lowest BCUT2D eigenvalue weighted by Gasteiger charge is -2.31. The minimum Gasteiger partial charge on any atom is -0.481 e. The van der Waals surface area contributed by atoms with Gasteiger partial charge in [0.1, 0.15) is 5.82 Å². The Labute approximate surface area is 118 Å². The Bertz CT molecular complexity index is 445. The second-order valence-electron chi connectivity index (χ2n) is 5.26. The Kier molecular flexibility index (Phi) is 5.15. The second kappa shape index (κ2) is 7.07. The lowest BCUT2D eigenvalue weighted by atomic mass is 9.93. The van der Waals surface area contributed by atoms with E-state index in [4.69, 9.17) is 5.11 Å². The number of carbonyl (C=O) groups is 2. The standard InChI is InChI=1S/C14H21N3O3/c18-13(19)10-11-4-3-9-17(14(11)20)8-2-1-5-12-15-6-7-16-12/h6-7,11H,1-5,8-10H2,(H,15,16)(H,18,19). The Morgan fingerprint density at radius 2 is 2.35 bits per heavy atom. The van der Waals surface area contributed by atoms with Crippen molar-refractivity contribution in [3.8, 4) is 0 Å². The molecule has 1 aliphatic rings. The number of hydrogen-bond acceptors (Lipinski definition) is 3. The summed E-state index contributed by atoms with van der Waals surface area (Å²) in [6.07, 6.45) is 7.89. The van der Waals surface area contributed by atoms with Crippen LogP contribution in [0.4, 0.5) is 0 Å². The summed E-state index contributed by atoms with van der Waals surface area (Å²) in [7, 11) is 0. The van der Waals surface area contributed by atoms with E-state index < -0.39 is 5.97 Å². The predicted octanol–water partition coefficient (Wildman–Crippen LogP) is 1.45. The number of piperidine rings is 1. The zero-order chi connectivity index (χ0) is 14.4. The molecule has 6 nitrogen and oxygen atoms in total. The lowest BCUT2D eigenvalue weighted by molar-refractivity contribution is -0.146. The minimum atomic E-state index is -0.886. The molecule has 0 aromatic carbocycles. The number of aliphatic carboxylic acids is 1. The number of carboxylic acids is 1. The van der Waals surface area contributed by atoms with Crippen LogP contribution in [0.2, 0.25) is 0 Å². The lowest BCUT2D eigenvalue weighted by Crippen LogP contribution is -2.42. The van der Waals surface area contributed by atoms with Crippen LogP contribution >= 0.6 is 0 Å². The van der Waals surface area contributed by atoms with E-state index in [-0.39, 0.29) is 18.2 Å². The van der Waals surface area contributed by atoms with Crippen molar-refractivity contribution in [3.63, 3.8) is 0 Å². The number of amides is 1. The van der Waals surface area contributed by atoms with Gasteiger partial charge in [0.15, 0.2) is 0 Å². The molecule has 1 aromatic rings. The van der Waals surface area contributed by atoms with Crippen molar-refractivity contribution >= 4 is 11.9 Å². The van der Waals surface area contributed by atoms with Crippen molar-refractivity contribution in [1.29, 1.82) is 0 Å². The highest BCUT2D eigenvalue weighted by Gasteiger charge is 2.29. The summed E-state index contributed by atoms with van der Waals surface area (Å²) < 4.78 is 0. The highest BCUT2D eigenvalue weighted by Crippen LogP contribution is 2.21. The van der Waals surface area contributed by atoms with Crippen LogP contribution in [-0.2, 0) is 16.0 Å². The quantitative estimate of drug-likeness (QED) is 0.740. The fourth-order valence-corrected chi connectivity index (χ4v) is 2.67. The number of imidazole rings is 1. The van der Waals surface area contributed by atoms with Gasteiger partial charge in [0.05, 0.1) is 6.42 Å². The summed E-state index contributed by atoms with van der Waals surface area (Å²) in [4.78, 5) is 31.9. The van der Waals surface area contributed by atoms with Crippen molar-refractivity contribution in [3.05, 3.63) is 18.2 Å². The number of nitrogens with zero attached hydrogens (tertiary/aromatic N) is 2. The maximum Gasteiger partial charge on any atom is 0.304 e. The van der Waals surface area contributed by atoms with E-state index in [1.54, 1.807) is 12.4 Å². The van der Waals surface area contributed by atoms with Crippen molar-refractivity contribution in [2.24, 2.45) is 5.92 Å². The van der Waals surface area contributed by atoms with Gasteiger partial charge >= 0.3 is 5.97 Å². The van der Waals surface area contributed by atoms with Crippen molar-refractivity contribution in [2.45, 2.75) is 38.5 Å². The number of aromatic nitrogens is 2.